The van der Waals surface area contributed by atoms with Crippen LogP contribution in [0, 0.1) is 20.2 Å². The molecule has 2 aromatic carbocycles. The first-order valence-corrected chi connectivity index (χ1v) is 8.46. The summed E-state index contributed by atoms with van der Waals surface area (Å²) in [6, 6.07) is 10.8. The summed E-state index contributed by atoms with van der Waals surface area (Å²) in [6.07, 6.45) is 1.30. The van der Waals surface area contributed by atoms with Crippen molar-refractivity contribution in [2.24, 2.45) is 0 Å². The molecule has 3 heterocycles. The van der Waals surface area contributed by atoms with Crippen molar-refractivity contribution in [1.82, 2.24) is 19.3 Å². The molecule has 1 aliphatic heterocycles. The molecule has 0 saturated carbocycles. The van der Waals surface area contributed by atoms with Crippen LogP contribution in [0.25, 0.3) is 28.1 Å². The fraction of sp³-hybridized carbons (Fsp3) is 0.0556. The van der Waals surface area contributed by atoms with Crippen LogP contribution in [0.15, 0.2) is 53.5 Å². The summed E-state index contributed by atoms with van der Waals surface area (Å²) < 4.78 is 3.02. The van der Waals surface area contributed by atoms with E-state index in [0.29, 0.717) is 18.0 Å². The monoisotopic (exact) mass is 390 g/mol. The van der Waals surface area contributed by atoms with Crippen molar-refractivity contribution in [1.29, 1.82) is 0 Å². The molecule has 0 saturated heterocycles. The molecule has 0 atom stereocenters. The Morgan fingerprint density at radius 1 is 1.03 bits per heavy atom. The first-order valence-electron chi connectivity index (χ1n) is 8.46. The highest BCUT2D eigenvalue weighted by Gasteiger charge is 2.27. The average molecular weight is 390 g/mol. The van der Waals surface area contributed by atoms with Gasteiger partial charge in [-0.05, 0) is 11.6 Å². The van der Waals surface area contributed by atoms with Crippen LogP contribution in [0.1, 0.15) is 5.56 Å². The Morgan fingerprint density at radius 3 is 2.59 bits per heavy atom. The second-order valence-corrected chi connectivity index (χ2v) is 6.46. The molecule has 0 radical (unpaired) electrons. The Balaban J connectivity index is 1.83. The number of hydrogen-bond acceptors (Lipinski definition) is 7. The van der Waals surface area contributed by atoms with Gasteiger partial charge in [0, 0.05) is 11.6 Å². The van der Waals surface area contributed by atoms with E-state index in [1.54, 1.807) is 4.57 Å². The van der Waals surface area contributed by atoms with Crippen LogP contribution in [0.5, 0.6) is 0 Å². The van der Waals surface area contributed by atoms with Gasteiger partial charge in [-0.1, -0.05) is 24.3 Å². The maximum absolute atomic E-state index is 12.6. The third-order valence-electron chi connectivity index (χ3n) is 4.87. The van der Waals surface area contributed by atoms with E-state index in [1.165, 1.54) is 16.9 Å². The summed E-state index contributed by atoms with van der Waals surface area (Å²) in [5, 5.41) is 27.0. The van der Waals surface area contributed by atoms with Crippen LogP contribution in [0.3, 0.4) is 0 Å². The Hall–Kier alpha value is -4.41. The van der Waals surface area contributed by atoms with E-state index in [1.807, 2.05) is 24.3 Å². The maximum atomic E-state index is 12.6. The molecule has 0 bridgehead atoms. The zero-order chi connectivity index (χ0) is 20.3. The number of hydrogen-bond donors (Lipinski definition) is 0. The largest absolute Gasteiger partial charge is 0.305 e. The number of benzene rings is 2. The first kappa shape index (κ1) is 16.7. The normalized spacial score (nSPS) is 12.0. The lowest BCUT2D eigenvalue weighted by Gasteiger charge is -2.10. The molecule has 1 aliphatic rings. The van der Waals surface area contributed by atoms with E-state index < -0.39 is 26.8 Å². The molecule has 0 aliphatic carbocycles. The van der Waals surface area contributed by atoms with Gasteiger partial charge in [0.05, 0.1) is 28.7 Å². The summed E-state index contributed by atoms with van der Waals surface area (Å²) in [7, 11) is 0. The minimum atomic E-state index is -0.714. The fourth-order valence-electron chi connectivity index (χ4n) is 3.60. The summed E-state index contributed by atoms with van der Waals surface area (Å²) in [6.45, 7) is 0.418. The number of non-ortho nitro benzene ring substituents is 1. The Morgan fingerprint density at radius 2 is 1.83 bits per heavy atom. The molecule has 29 heavy (non-hydrogen) atoms. The van der Waals surface area contributed by atoms with Crippen LogP contribution in [-0.2, 0) is 6.54 Å². The summed E-state index contributed by atoms with van der Waals surface area (Å²) in [5.74, 6) is 0.449. The Bertz CT molecular complexity index is 1420. The van der Waals surface area contributed by atoms with Crippen molar-refractivity contribution < 1.29 is 9.85 Å². The first-order chi connectivity index (χ1) is 14.0. The van der Waals surface area contributed by atoms with E-state index in [4.69, 9.17) is 0 Å². The highest BCUT2D eigenvalue weighted by Crippen LogP contribution is 2.34. The molecule has 142 valence electrons. The molecule has 4 aromatic rings. The third-order valence-corrected chi connectivity index (χ3v) is 4.87. The second kappa shape index (κ2) is 5.79. The smallest absolute Gasteiger partial charge is 0.301 e. The van der Waals surface area contributed by atoms with E-state index in [-0.39, 0.29) is 11.1 Å². The van der Waals surface area contributed by atoms with E-state index in [0.717, 1.165) is 23.3 Å². The number of nitro groups is 2. The van der Waals surface area contributed by atoms with E-state index in [2.05, 4.69) is 10.1 Å². The number of aromatic nitrogens is 4. The van der Waals surface area contributed by atoms with Gasteiger partial charge in [0.25, 0.3) is 11.2 Å². The van der Waals surface area contributed by atoms with Gasteiger partial charge in [0.1, 0.15) is 16.9 Å². The van der Waals surface area contributed by atoms with Crippen molar-refractivity contribution in [3.05, 3.63) is 84.8 Å². The summed E-state index contributed by atoms with van der Waals surface area (Å²) >= 11 is 0. The number of fused-ring (bicyclic) bond motifs is 5. The highest BCUT2D eigenvalue weighted by molar-refractivity contribution is 5.81. The van der Waals surface area contributed by atoms with Crippen LogP contribution >= 0.6 is 0 Å². The molecule has 0 fully saturated rings. The molecule has 0 amide bonds. The molecular weight excluding hydrogens is 380 g/mol. The summed E-state index contributed by atoms with van der Waals surface area (Å²) in [5.41, 5.74) is 0.723. The van der Waals surface area contributed by atoms with E-state index in [9.17, 15) is 25.0 Å². The Labute approximate surface area is 160 Å². The molecule has 0 N–H and O–H groups in total. The topological polar surface area (TPSA) is 139 Å². The van der Waals surface area contributed by atoms with E-state index >= 15 is 0 Å². The van der Waals surface area contributed by atoms with Crippen molar-refractivity contribution >= 4 is 22.4 Å². The van der Waals surface area contributed by atoms with Crippen molar-refractivity contribution in [2.45, 2.75) is 6.54 Å². The average Bonchev–Trinajstić information content (AvgIpc) is 3.30. The minimum Gasteiger partial charge on any atom is -0.305 e. The van der Waals surface area contributed by atoms with Gasteiger partial charge in [-0.3, -0.25) is 25.0 Å². The van der Waals surface area contributed by atoms with Crippen molar-refractivity contribution in [3.8, 4) is 17.1 Å². The SMILES string of the molecule is O=c1nc2n(c3c1cnn3-c1ccc([N+](=O)[O-])cc1[N+](=O)[O-])Cc1ccccc1-2. The predicted molar refractivity (Wildman–Crippen MR) is 101 cm³/mol. The van der Waals surface area contributed by atoms with Gasteiger partial charge in [0.2, 0.25) is 0 Å². The molecule has 11 heteroatoms. The lowest BCUT2D eigenvalue weighted by atomic mass is 10.1. The van der Waals surface area contributed by atoms with Crippen molar-refractivity contribution in [3.63, 3.8) is 0 Å². The van der Waals surface area contributed by atoms with Crippen LogP contribution in [0.2, 0.25) is 0 Å². The second-order valence-electron chi connectivity index (χ2n) is 6.46. The molecule has 11 nitrogen and oxygen atoms in total. The van der Waals surface area contributed by atoms with Gasteiger partial charge in [-0.15, -0.1) is 0 Å². The van der Waals surface area contributed by atoms with Gasteiger partial charge in [-0.25, -0.2) is 4.68 Å². The predicted octanol–water partition coefficient (Wildman–Crippen LogP) is 2.43. The molecular formula is C18H10N6O5. The lowest BCUT2D eigenvalue weighted by Crippen LogP contribution is -2.15. The van der Waals surface area contributed by atoms with Crippen LogP contribution in [-0.4, -0.2) is 29.2 Å². The number of nitrogens with zero attached hydrogens (tertiary/aromatic N) is 6. The number of rotatable bonds is 3. The van der Waals surface area contributed by atoms with Crippen LogP contribution in [0.4, 0.5) is 11.4 Å². The minimum absolute atomic E-state index is 0.0202. The van der Waals surface area contributed by atoms with Gasteiger partial charge in [-0.2, -0.15) is 10.1 Å². The number of nitro benzene ring substituents is 2. The molecule has 5 rings (SSSR count). The molecule has 0 spiro atoms. The zero-order valence-electron chi connectivity index (χ0n) is 14.6. The zero-order valence-corrected chi connectivity index (χ0v) is 14.6. The quantitative estimate of drug-likeness (QED) is 0.340. The fourth-order valence-corrected chi connectivity index (χ4v) is 3.60. The molecule has 0 unspecified atom stereocenters. The highest BCUT2D eigenvalue weighted by atomic mass is 16.6. The van der Waals surface area contributed by atoms with Crippen molar-refractivity contribution in [2.75, 3.05) is 0 Å². The lowest BCUT2D eigenvalue weighted by molar-refractivity contribution is -0.394. The Kier molecular flexibility index (Phi) is 3.34. The summed E-state index contributed by atoms with van der Waals surface area (Å²) in [4.78, 5) is 37.9. The van der Waals surface area contributed by atoms with Crippen LogP contribution < -0.4 is 5.56 Å². The third kappa shape index (κ3) is 2.34. The van der Waals surface area contributed by atoms with Gasteiger partial charge >= 0.3 is 5.69 Å². The van der Waals surface area contributed by atoms with Gasteiger partial charge < -0.3 is 4.57 Å². The van der Waals surface area contributed by atoms with Gasteiger partial charge in [0.15, 0.2) is 5.65 Å². The maximum Gasteiger partial charge on any atom is 0.301 e. The standard InChI is InChI=1S/C18H10N6O5/c25-17-13-8-19-22(14-6-5-11(23(26)27)7-15(14)24(28)29)18(13)21-9-10-3-1-2-4-12(10)16(21)20-17/h1-8H,9H2. The molecule has 2 aromatic heterocycles.